The molecule has 1 aliphatic carbocycles. The Labute approximate surface area is 275 Å². The average molecular weight is 666 g/mol. The molecule has 14 heteroatoms. The zero-order valence-electron chi connectivity index (χ0n) is 25.4. The first-order chi connectivity index (χ1) is 22.5. The molecule has 12 nitrogen and oxygen atoms in total. The van der Waals surface area contributed by atoms with Gasteiger partial charge in [0.2, 0.25) is 5.28 Å². The van der Waals surface area contributed by atoms with E-state index < -0.39 is 18.1 Å². The molecule has 0 spiro atoms. The largest absolute Gasteiger partial charge is 0.467 e. The Morgan fingerprint density at radius 3 is 2.59 bits per heavy atom. The molecule has 3 atom stereocenters. The number of rotatable bonds is 13. The van der Waals surface area contributed by atoms with Gasteiger partial charge in [-0.3, -0.25) is 4.57 Å². The second kappa shape index (κ2) is 14.7. The monoisotopic (exact) mass is 665 g/mol. The third kappa shape index (κ3) is 6.92. The number of anilines is 1. The van der Waals surface area contributed by atoms with Gasteiger partial charge < -0.3 is 30.6 Å². The lowest BCUT2D eigenvalue weighted by atomic mass is 9.98. The van der Waals surface area contributed by atoms with Crippen LogP contribution in [0.25, 0.3) is 22.3 Å². The first-order valence-corrected chi connectivity index (χ1v) is 16.8. The van der Waals surface area contributed by atoms with Crippen LogP contribution in [0.2, 0.25) is 5.28 Å². The summed E-state index contributed by atoms with van der Waals surface area (Å²) in [6.45, 7) is 1.14. The third-order valence-electron chi connectivity index (χ3n) is 8.20. The van der Waals surface area contributed by atoms with E-state index in [0.29, 0.717) is 42.2 Å². The highest BCUT2D eigenvalue weighted by molar-refractivity contribution is 7.99. The predicted molar refractivity (Wildman–Crippen MR) is 177 cm³/mol. The summed E-state index contributed by atoms with van der Waals surface area (Å²) in [7, 11) is 1.31. The molecule has 4 aromatic rings. The number of ether oxygens (including phenoxy) is 3. The fourth-order valence-electron chi connectivity index (χ4n) is 6.02. The summed E-state index contributed by atoms with van der Waals surface area (Å²) in [5, 5.41) is 5.96. The fourth-order valence-corrected chi connectivity index (χ4v) is 7.26. The van der Waals surface area contributed by atoms with Crippen LogP contribution >= 0.6 is 23.4 Å². The maximum atomic E-state index is 12.8. The van der Waals surface area contributed by atoms with Crippen molar-refractivity contribution in [3.63, 3.8) is 0 Å². The normalized spacial score (nSPS) is 17.8. The van der Waals surface area contributed by atoms with Gasteiger partial charge in [-0.25, -0.2) is 14.6 Å². The molecule has 1 aliphatic heterocycles. The number of alkyl carbamates (subject to hydrolysis) is 1. The van der Waals surface area contributed by atoms with Gasteiger partial charge in [-0.05, 0) is 58.9 Å². The van der Waals surface area contributed by atoms with Gasteiger partial charge in [0.1, 0.15) is 18.9 Å². The number of nitrogens with two attached hydrogens (primary N) is 1. The van der Waals surface area contributed by atoms with Crippen LogP contribution in [-0.4, -0.2) is 82.0 Å². The third-order valence-corrected chi connectivity index (χ3v) is 9.50. The van der Waals surface area contributed by atoms with E-state index in [2.05, 4.69) is 49.9 Å². The van der Waals surface area contributed by atoms with Crippen molar-refractivity contribution >= 4 is 52.4 Å². The van der Waals surface area contributed by atoms with Crippen LogP contribution in [0, 0.1) is 0 Å². The number of carbonyl (C=O) groups is 2. The average Bonchev–Trinajstić information content (AvgIpc) is 3.79. The highest BCUT2D eigenvalue weighted by Crippen LogP contribution is 2.44. The molecular formula is C32H36ClN7O5S. The molecule has 46 heavy (non-hydrogen) atoms. The number of hydrogen-bond donors (Lipinski definition) is 3. The van der Waals surface area contributed by atoms with E-state index >= 15 is 0 Å². The van der Waals surface area contributed by atoms with Crippen molar-refractivity contribution in [1.82, 2.24) is 24.8 Å². The molecule has 0 unspecified atom stereocenters. The van der Waals surface area contributed by atoms with Gasteiger partial charge in [-0.2, -0.15) is 21.7 Å². The zero-order valence-corrected chi connectivity index (χ0v) is 26.9. The van der Waals surface area contributed by atoms with E-state index in [0.717, 1.165) is 40.8 Å². The molecule has 1 amide bonds. The number of hydrogen-bond acceptors (Lipinski definition) is 11. The number of imidazole rings is 1. The van der Waals surface area contributed by atoms with Crippen molar-refractivity contribution < 1.29 is 23.8 Å². The first-order valence-electron chi connectivity index (χ1n) is 15.2. The summed E-state index contributed by atoms with van der Waals surface area (Å²) in [5.74, 6) is 1.29. The lowest BCUT2D eigenvalue weighted by Gasteiger charge is -2.19. The smallest absolute Gasteiger partial charge is 0.407 e. The fraction of sp³-hybridized carbons (Fsp3) is 0.406. The number of benzene rings is 2. The molecule has 4 N–H and O–H groups in total. The summed E-state index contributed by atoms with van der Waals surface area (Å²) < 4.78 is 18.8. The lowest BCUT2D eigenvalue weighted by Crippen LogP contribution is -2.42. The van der Waals surface area contributed by atoms with E-state index in [-0.39, 0.29) is 30.1 Å². The van der Waals surface area contributed by atoms with Crippen LogP contribution in [0.1, 0.15) is 42.5 Å². The second-order valence-electron chi connectivity index (χ2n) is 11.1. The number of thioether (sulfide) groups is 1. The Morgan fingerprint density at radius 1 is 1.13 bits per heavy atom. The number of amides is 1. The van der Waals surface area contributed by atoms with Gasteiger partial charge in [-0.15, -0.1) is 0 Å². The highest BCUT2D eigenvalue weighted by atomic mass is 35.5. The van der Waals surface area contributed by atoms with Gasteiger partial charge >= 0.3 is 12.1 Å². The second-order valence-corrected chi connectivity index (χ2v) is 12.6. The number of nitrogens with zero attached hydrogens (tertiary/aromatic N) is 4. The molecule has 242 valence electrons. The quantitative estimate of drug-likeness (QED) is 0.103. The minimum absolute atomic E-state index is 0.00580. The number of aromatic nitrogens is 4. The zero-order chi connectivity index (χ0) is 32.0. The Hall–Kier alpha value is -3.91. The lowest BCUT2D eigenvalue weighted by molar-refractivity contribution is -0.143. The van der Waals surface area contributed by atoms with Crippen molar-refractivity contribution in [2.24, 2.45) is 5.73 Å². The van der Waals surface area contributed by atoms with Crippen molar-refractivity contribution in [2.75, 3.05) is 43.6 Å². The van der Waals surface area contributed by atoms with Gasteiger partial charge in [-0.1, -0.05) is 48.5 Å². The van der Waals surface area contributed by atoms with Gasteiger partial charge in [0, 0.05) is 24.8 Å². The van der Waals surface area contributed by atoms with Crippen molar-refractivity contribution in [2.45, 2.75) is 43.6 Å². The van der Waals surface area contributed by atoms with Gasteiger partial charge in [0.25, 0.3) is 0 Å². The highest BCUT2D eigenvalue weighted by Gasteiger charge is 2.31. The summed E-state index contributed by atoms with van der Waals surface area (Å²) in [6, 6.07) is 15.5. The maximum Gasteiger partial charge on any atom is 0.407 e. The predicted octanol–water partition coefficient (Wildman–Crippen LogP) is 4.73. The molecule has 0 saturated carbocycles. The Bertz CT molecular complexity index is 1660. The number of esters is 1. The molecular weight excluding hydrogens is 630 g/mol. The van der Waals surface area contributed by atoms with E-state index in [1.54, 1.807) is 18.1 Å². The van der Waals surface area contributed by atoms with Crippen molar-refractivity contribution in [3.05, 3.63) is 71.3 Å². The van der Waals surface area contributed by atoms with Crippen LogP contribution in [0.15, 0.2) is 54.9 Å². The Morgan fingerprint density at radius 2 is 1.87 bits per heavy atom. The number of methoxy groups -OCH3 is 1. The topological polar surface area (TPSA) is 156 Å². The van der Waals surface area contributed by atoms with Crippen LogP contribution in [0.5, 0.6) is 0 Å². The molecule has 1 saturated heterocycles. The molecule has 6 rings (SSSR count). The van der Waals surface area contributed by atoms with Crippen LogP contribution < -0.4 is 16.4 Å². The molecule has 3 heterocycles. The minimum Gasteiger partial charge on any atom is -0.467 e. The van der Waals surface area contributed by atoms with E-state index in [1.807, 2.05) is 28.8 Å². The molecule has 1 fully saturated rings. The summed E-state index contributed by atoms with van der Waals surface area (Å²) >= 11 is 7.83. The summed E-state index contributed by atoms with van der Waals surface area (Å²) in [6.07, 6.45) is 2.85. The molecule has 0 radical (unpaired) electrons. The molecule has 2 aromatic carbocycles. The Kier molecular flexibility index (Phi) is 10.2. The minimum atomic E-state index is -0.825. The van der Waals surface area contributed by atoms with E-state index in [1.165, 1.54) is 7.11 Å². The van der Waals surface area contributed by atoms with Crippen LogP contribution in [0.3, 0.4) is 0 Å². The molecule has 0 bridgehead atoms. The van der Waals surface area contributed by atoms with Crippen LogP contribution in [-0.2, 0) is 19.0 Å². The molecule has 2 aromatic heterocycles. The van der Waals surface area contributed by atoms with Gasteiger partial charge in [0.05, 0.1) is 19.5 Å². The Balaban J connectivity index is 0.983. The first kappa shape index (κ1) is 32.0. The van der Waals surface area contributed by atoms with Crippen LogP contribution in [0.4, 0.5) is 10.6 Å². The van der Waals surface area contributed by atoms with Gasteiger partial charge in [0.15, 0.2) is 17.0 Å². The summed E-state index contributed by atoms with van der Waals surface area (Å²) in [4.78, 5) is 38.4. The summed E-state index contributed by atoms with van der Waals surface area (Å²) in [5.41, 5.74) is 11.4. The van der Waals surface area contributed by atoms with E-state index in [9.17, 15) is 9.59 Å². The number of fused-ring (bicyclic) bond motifs is 4. The number of carbonyl (C=O) groups excluding carboxylic acids is 2. The van der Waals surface area contributed by atoms with Crippen molar-refractivity contribution in [1.29, 1.82) is 0 Å². The maximum absolute atomic E-state index is 12.8. The standard InChI is InChI=1S/C32H36ClN7O5S/c1-43-30(41)25(37-32(42)44-16-24-22-8-4-2-6-20(22)21-7-3-5-9-23(21)24)12-15-46-17-19-10-11-26(45-19)40-18-36-27-28(35-14-13-34)38-31(33)39-29(27)40/h2-9,18-19,24-26H,10-17,34H2,1H3,(H,37,42)(H,35,38,39)/t19-,25-,26+/m0/s1. The van der Waals surface area contributed by atoms with Crippen molar-refractivity contribution in [3.8, 4) is 11.1 Å². The number of nitrogens with one attached hydrogen (secondary N) is 2. The van der Waals surface area contributed by atoms with E-state index in [4.69, 9.17) is 31.5 Å². The SMILES string of the molecule is COC(=O)[C@H](CCSC[C@@H]1CC[C@H](n2cnc3c(NCCN)nc(Cl)nc32)O1)NC(=O)OCC1c2ccccc2-c2ccccc21. The number of halogens is 1. The molecule has 2 aliphatic rings.